The van der Waals surface area contributed by atoms with Gasteiger partial charge >= 0.3 is 0 Å². The fourth-order valence-electron chi connectivity index (χ4n) is 1.77. The van der Waals surface area contributed by atoms with Crippen LogP contribution in [0, 0.1) is 17.0 Å². The molecule has 0 heterocycles. The highest BCUT2D eigenvalue weighted by atomic mass is 79.9. The van der Waals surface area contributed by atoms with E-state index in [1.165, 1.54) is 12.1 Å². The lowest BCUT2D eigenvalue weighted by Crippen LogP contribution is -2.30. The molecule has 3 N–H and O–H groups in total. The van der Waals surface area contributed by atoms with Crippen LogP contribution >= 0.6 is 15.9 Å². The zero-order valence-electron chi connectivity index (χ0n) is 10.9. The number of nitrogens with two attached hydrogens (primary N) is 1. The van der Waals surface area contributed by atoms with Gasteiger partial charge in [0.05, 0.1) is 6.04 Å². The van der Waals surface area contributed by atoms with Crippen molar-refractivity contribution in [2.45, 2.75) is 39.7 Å². The van der Waals surface area contributed by atoms with Gasteiger partial charge in [0.2, 0.25) is 0 Å². The maximum absolute atomic E-state index is 13.8. The molecule has 0 aliphatic rings. The van der Waals surface area contributed by atoms with E-state index in [-0.39, 0.29) is 11.0 Å². The van der Waals surface area contributed by atoms with Gasteiger partial charge in [-0.05, 0) is 30.4 Å². The first-order valence-electron chi connectivity index (χ1n) is 5.85. The number of halogens is 3. The molecule has 0 aromatic heterocycles. The maximum Gasteiger partial charge on any atom is 0.132 e. The molecule has 1 aromatic rings. The molecule has 0 bridgehead atoms. The number of hydrazine groups is 1. The third-order valence-corrected chi connectivity index (χ3v) is 3.23. The van der Waals surface area contributed by atoms with Gasteiger partial charge < -0.3 is 0 Å². The van der Waals surface area contributed by atoms with Gasteiger partial charge in [-0.25, -0.2) is 8.78 Å². The largest absolute Gasteiger partial charge is 0.271 e. The van der Waals surface area contributed by atoms with Crippen LogP contribution in [0.1, 0.15) is 45.2 Å². The van der Waals surface area contributed by atoms with E-state index in [2.05, 4.69) is 42.1 Å². The first-order valence-corrected chi connectivity index (χ1v) is 6.64. The fraction of sp³-hybridized carbons (Fsp3) is 0.538. The number of nitrogens with one attached hydrogen (secondary N) is 1. The summed E-state index contributed by atoms with van der Waals surface area (Å²) in [5.41, 5.74) is 2.60. The molecule has 0 aliphatic heterocycles. The highest BCUT2D eigenvalue weighted by Gasteiger charge is 2.22. The highest BCUT2D eigenvalue weighted by Crippen LogP contribution is 2.31. The Morgan fingerprint density at radius 1 is 1.28 bits per heavy atom. The van der Waals surface area contributed by atoms with Gasteiger partial charge in [-0.2, -0.15) is 0 Å². The van der Waals surface area contributed by atoms with Crippen molar-refractivity contribution in [1.82, 2.24) is 5.43 Å². The van der Waals surface area contributed by atoms with Gasteiger partial charge in [0.15, 0.2) is 0 Å². The molecular formula is C13H19BrF2N2. The van der Waals surface area contributed by atoms with Crippen LogP contribution in [0.3, 0.4) is 0 Å². The number of hydrogen-bond acceptors (Lipinski definition) is 2. The van der Waals surface area contributed by atoms with Gasteiger partial charge in [0.25, 0.3) is 0 Å². The van der Waals surface area contributed by atoms with Crippen molar-refractivity contribution in [3.05, 3.63) is 33.8 Å². The average Bonchev–Trinajstić information content (AvgIpc) is 2.20. The molecule has 0 fully saturated rings. The van der Waals surface area contributed by atoms with Crippen LogP contribution in [0.4, 0.5) is 8.78 Å². The summed E-state index contributed by atoms with van der Waals surface area (Å²) < 4.78 is 28.0. The molecule has 0 amide bonds. The van der Waals surface area contributed by atoms with Crippen molar-refractivity contribution in [1.29, 1.82) is 0 Å². The van der Waals surface area contributed by atoms with Crippen molar-refractivity contribution in [3.63, 3.8) is 0 Å². The molecule has 5 heteroatoms. The van der Waals surface area contributed by atoms with Gasteiger partial charge in [-0.1, -0.05) is 36.7 Å². The lowest BCUT2D eigenvalue weighted by Gasteiger charge is -2.23. The quantitative estimate of drug-likeness (QED) is 0.648. The van der Waals surface area contributed by atoms with Crippen molar-refractivity contribution in [3.8, 4) is 0 Å². The molecule has 0 aliphatic carbocycles. The predicted molar refractivity (Wildman–Crippen MR) is 72.8 cm³/mol. The summed E-state index contributed by atoms with van der Waals surface area (Å²) in [4.78, 5) is 0. The molecule has 2 nitrogen and oxygen atoms in total. The van der Waals surface area contributed by atoms with E-state index in [0.29, 0.717) is 10.9 Å². The van der Waals surface area contributed by atoms with Gasteiger partial charge in [-0.15, -0.1) is 0 Å². The summed E-state index contributed by atoms with van der Waals surface area (Å²) >= 11 is 3.06. The monoisotopic (exact) mass is 320 g/mol. The predicted octanol–water partition coefficient (Wildman–Crippen LogP) is 4.06. The number of hydrogen-bond donors (Lipinski definition) is 2. The second-order valence-electron chi connectivity index (χ2n) is 5.60. The summed E-state index contributed by atoms with van der Waals surface area (Å²) in [6.07, 6.45) is 1.40. The zero-order valence-corrected chi connectivity index (χ0v) is 12.4. The summed E-state index contributed by atoms with van der Waals surface area (Å²) in [6.45, 7) is 6.23. The lowest BCUT2D eigenvalue weighted by molar-refractivity contribution is 0.326. The van der Waals surface area contributed by atoms with E-state index in [9.17, 15) is 8.78 Å². The van der Waals surface area contributed by atoms with E-state index in [0.717, 1.165) is 6.42 Å². The highest BCUT2D eigenvalue weighted by molar-refractivity contribution is 9.10. The summed E-state index contributed by atoms with van der Waals surface area (Å²) in [5.74, 6) is 4.25. The average molecular weight is 321 g/mol. The molecule has 1 aromatic carbocycles. The second kappa shape index (κ2) is 6.08. The number of rotatable bonds is 4. The molecule has 1 unspecified atom stereocenters. The Bertz CT molecular complexity index is 393. The van der Waals surface area contributed by atoms with E-state index < -0.39 is 17.7 Å². The van der Waals surface area contributed by atoms with Crippen molar-refractivity contribution < 1.29 is 8.78 Å². The van der Waals surface area contributed by atoms with E-state index in [4.69, 9.17) is 5.84 Å². The molecule has 1 rings (SSSR count). The summed E-state index contributed by atoms with van der Waals surface area (Å²) in [6, 6.07) is 1.98. The van der Waals surface area contributed by atoms with Gasteiger partial charge in [0.1, 0.15) is 11.6 Å². The van der Waals surface area contributed by atoms with E-state index in [1.807, 2.05) is 0 Å². The topological polar surface area (TPSA) is 38.0 Å². The van der Waals surface area contributed by atoms with Crippen LogP contribution in [0.5, 0.6) is 0 Å². The van der Waals surface area contributed by atoms with Crippen molar-refractivity contribution >= 4 is 15.9 Å². The Morgan fingerprint density at radius 3 is 2.17 bits per heavy atom. The normalized spacial score (nSPS) is 13.7. The Balaban J connectivity index is 2.95. The lowest BCUT2D eigenvalue weighted by atomic mass is 9.87. The Morgan fingerprint density at radius 2 is 1.78 bits per heavy atom. The standard InChI is InChI=1S/C13H19BrF2N2/c1-13(2,3)5-4-11(18-17)12-9(15)6-8(14)7-10(12)16/h6-7,11,18H,4-5,17H2,1-3H3. The van der Waals surface area contributed by atoms with Crippen molar-refractivity contribution in [2.24, 2.45) is 11.3 Å². The van der Waals surface area contributed by atoms with Crippen LogP contribution < -0.4 is 11.3 Å². The zero-order chi connectivity index (χ0) is 13.9. The van der Waals surface area contributed by atoms with Crippen LogP contribution in [0.25, 0.3) is 0 Å². The molecule has 18 heavy (non-hydrogen) atoms. The second-order valence-corrected chi connectivity index (χ2v) is 6.52. The van der Waals surface area contributed by atoms with E-state index >= 15 is 0 Å². The van der Waals surface area contributed by atoms with Crippen LogP contribution in [0.15, 0.2) is 16.6 Å². The Hall–Kier alpha value is -0.520. The molecular weight excluding hydrogens is 302 g/mol. The molecule has 102 valence electrons. The number of benzene rings is 1. The molecule has 0 saturated carbocycles. The summed E-state index contributed by atoms with van der Waals surface area (Å²) in [5, 5.41) is 0. The first kappa shape index (κ1) is 15.5. The van der Waals surface area contributed by atoms with Gasteiger partial charge in [0, 0.05) is 10.0 Å². The molecule has 0 radical (unpaired) electrons. The molecule has 0 spiro atoms. The van der Waals surface area contributed by atoms with Crippen molar-refractivity contribution in [2.75, 3.05) is 0 Å². The minimum atomic E-state index is -0.585. The third-order valence-electron chi connectivity index (χ3n) is 2.78. The van der Waals surface area contributed by atoms with Gasteiger partial charge in [-0.3, -0.25) is 11.3 Å². The Labute approximate surface area is 115 Å². The fourth-order valence-corrected chi connectivity index (χ4v) is 2.18. The molecule has 0 saturated heterocycles. The maximum atomic E-state index is 13.8. The van der Waals surface area contributed by atoms with Crippen LogP contribution in [-0.2, 0) is 0 Å². The smallest absolute Gasteiger partial charge is 0.132 e. The minimum Gasteiger partial charge on any atom is -0.271 e. The third kappa shape index (κ3) is 4.30. The van der Waals surface area contributed by atoms with E-state index in [1.54, 1.807) is 0 Å². The van der Waals surface area contributed by atoms with Crippen LogP contribution in [0.2, 0.25) is 0 Å². The molecule has 1 atom stereocenters. The van der Waals surface area contributed by atoms with Crippen LogP contribution in [-0.4, -0.2) is 0 Å². The summed E-state index contributed by atoms with van der Waals surface area (Å²) in [7, 11) is 0. The SMILES string of the molecule is CC(C)(C)CCC(NN)c1c(F)cc(Br)cc1F. The Kier molecular flexibility index (Phi) is 5.25. The minimum absolute atomic E-state index is 0.00458. The first-order chi connectivity index (χ1) is 8.24.